The van der Waals surface area contributed by atoms with Crippen molar-refractivity contribution in [1.82, 2.24) is 4.90 Å². The summed E-state index contributed by atoms with van der Waals surface area (Å²) in [5.41, 5.74) is 5.59. The SMILES string of the molecule is CCCCCC(C)C(C)c1cc(O)c2c(c1)OC(C)(C)C1=C2CN(Cc2ccccc2)C1. The molecule has 0 fully saturated rings. The van der Waals surface area contributed by atoms with E-state index in [1.807, 2.05) is 6.07 Å². The van der Waals surface area contributed by atoms with Gasteiger partial charge in [-0.1, -0.05) is 76.8 Å². The van der Waals surface area contributed by atoms with E-state index in [-0.39, 0.29) is 5.60 Å². The van der Waals surface area contributed by atoms with Crippen LogP contribution in [0.3, 0.4) is 0 Å². The van der Waals surface area contributed by atoms with Crippen molar-refractivity contribution in [2.24, 2.45) is 5.92 Å². The van der Waals surface area contributed by atoms with Crippen molar-refractivity contribution in [1.29, 1.82) is 0 Å². The topological polar surface area (TPSA) is 32.7 Å². The minimum atomic E-state index is -0.366. The van der Waals surface area contributed by atoms with Crippen LogP contribution in [0.4, 0.5) is 0 Å². The van der Waals surface area contributed by atoms with Gasteiger partial charge in [-0.2, -0.15) is 0 Å². The van der Waals surface area contributed by atoms with Gasteiger partial charge in [-0.3, -0.25) is 4.90 Å². The van der Waals surface area contributed by atoms with E-state index in [2.05, 4.69) is 75.9 Å². The Morgan fingerprint density at radius 2 is 1.81 bits per heavy atom. The van der Waals surface area contributed by atoms with Crippen LogP contribution in [0, 0.1) is 5.92 Å². The monoisotopic (exact) mass is 433 g/mol. The quantitative estimate of drug-likeness (QED) is 0.449. The van der Waals surface area contributed by atoms with Crippen molar-refractivity contribution < 1.29 is 9.84 Å². The molecule has 3 heteroatoms. The fraction of sp³-hybridized carbons (Fsp3) is 0.517. The minimum absolute atomic E-state index is 0.366. The molecule has 2 atom stereocenters. The first-order chi connectivity index (χ1) is 15.3. The third-order valence-corrected chi connectivity index (χ3v) is 7.52. The molecule has 32 heavy (non-hydrogen) atoms. The largest absolute Gasteiger partial charge is 0.507 e. The van der Waals surface area contributed by atoms with E-state index in [9.17, 15) is 5.11 Å². The van der Waals surface area contributed by atoms with Gasteiger partial charge in [-0.15, -0.1) is 0 Å². The molecule has 0 aliphatic carbocycles. The predicted molar refractivity (Wildman–Crippen MR) is 133 cm³/mol. The van der Waals surface area contributed by atoms with Crippen LogP contribution in [0.1, 0.15) is 82.9 Å². The summed E-state index contributed by atoms with van der Waals surface area (Å²) in [4.78, 5) is 2.45. The Bertz CT molecular complexity index is 976. The maximum absolute atomic E-state index is 11.1. The Balaban J connectivity index is 1.59. The number of phenolic OH excluding ortho intramolecular Hbond substituents is 1. The van der Waals surface area contributed by atoms with Gasteiger partial charge in [0, 0.05) is 19.6 Å². The number of ether oxygens (including phenoxy) is 1. The summed E-state index contributed by atoms with van der Waals surface area (Å²) in [5.74, 6) is 2.19. The lowest BCUT2D eigenvalue weighted by Gasteiger charge is -2.35. The fourth-order valence-electron chi connectivity index (χ4n) is 5.33. The molecule has 0 amide bonds. The first-order valence-corrected chi connectivity index (χ1v) is 12.3. The third kappa shape index (κ3) is 4.59. The molecule has 3 nitrogen and oxygen atoms in total. The molecular weight excluding hydrogens is 394 g/mol. The number of unbranched alkanes of at least 4 members (excludes halogenated alkanes) is 2. The van der Waals surface area contributed by atoms with Crippen molar-refractivity contribution in [2.45, 2.75) is 78.4 Å². The highest BCUT2D eigenvalue weighted by molar-refractivity contribution is 5.83. The minimum Gasteiger partial charge on any atom is -0.507 e. The highest BCUT2D eigenvalue weighted by atomic mass is 16.5. The first kappa shape index (κ1) is 22.9. The number of hydrogen-bond acceptors (Lipinski definition) is 3. The normalized spacial score (nSPS) is 19.3. The van der Waals surface area contributed by atoms with Gasteiger partial charge in [0.2, 0.25) is 0 Å². The van der Waals surface area contributed by atoms with Gasteiger partial charge in [0.05, 0.1) is 5.56 Å². The second-order valence-corrected chi connectivity index (χ2v) is 10.4. The summed E-state index contributed by atoms with van der Waals surface area (Å²) in [7, 11) is 0. The van der Waals surface area contributed by atoms with Crippen LogP contribution in [-0.2, 0) is 6.54 Å². The Labute approximate surface area is 194 Å². The second kappa shape index (κ2) is 9.31. The number of aromatic hydroxyl groups is 1. The molecule has 0 spiro atoms. The number of phenols is 1. The van der Waals surface area contributed by atoms with Crippen LogP contribution in [0.25, 0.3) is 5.57 Å². The van der Waals surface area contributed by atoms with Crippen LogP contribution in [0.2, 0.25) is 0 Å². The van der Waals surface area contributed by atoms with E-state index < -0.39 is 0 Å². The summed E-state index contributed by atoms with van der Waals surface area (Å²) in [6.07, 6.45) is 5.04. The molecule has 2 aliphatic heterocycles. The maximum atomic E-state index is 11.1. The van der Waals surface area contributed by atoms with Crippen molar-refractivity contribution >= 4 is 5.57 Å². The van der Waals surface area contributed by atoms with Crippen LogP contribution in [0.15, 0.2) is 48.0 Å². The molecule has 2 aromatic carbocycles. The third-order valence-electron chi connectivity index (χ3n) is 7.52. The standard InChI is InChI=1S/C29H39NO2/c1-6-7-9-12-20(2)21(3)23-15-26(31)28-24-18-30(17-22-13-10-8-11-14-22)19-25(24)29(4,5)32-27(28)16-23/h8,10-11,13-16,20-21,31H,6-7,9,12,17-19H2,1-5H3. The average Bonchev–Trinajstić information content (AvgIpc) is 3.18. The fourth-order valence-corrected chi connectivity index (χ4v) is 5.33. The number of nitrogens with zero attached hydrogens (tertiary/aromatic N) is 1. The van der Waals surface area contributed by atoms with E-state index in [0.29, 0.717) is 17.6 Å². The maximum Gasteiger partial charge on any atom is 0.132 e. The van der Waals surface area contributed by atoms with Gasteiger partial charge in [-0.05, 0) is 60.1 Å². The van der Waals surface area contributed by atoms with Crippen LogP contribution >= 0.6 is 0 Å². The lowest BCUT2D eigenvalue weighted by molar-refractivity contribution is 0.138. The summed E-state index contributed by atoms with van der Waals surface area (Å²) in [5, 5.41) is 11.1. The summed E-state index contributed by atoms with van der Waals surface area (Å²) in [6.45, 7) is 13.8. The Kier molecular flexibility index (Phi) is 6.67. The summed E-state index contributed by atoms with van der Waals surface area (Å²) >= 11 is 0. The summed E-state index contributed by atoms with van der Waals surface area (Å²) < 4.78 is 6.54. The molecule has 1 N–H and O–H groups in total. The van der Waals surface area contributed by atoms with Gasteiger partial charge in [-0.25, -0.2) is 0 Å². The van der Waals surface area contributed by atoms with Gasteiger partial charge in [0.25, 0.3) is 0 Å². The zero-order valence-corrected chi connectivity index (χ0v) is 20.4. The molecule has 2 aromatic rings. The molecule has 0 radical (unpaired) electrons. The smallest absolute Gasteiger partial charge is 0.132 e. The van der Waals surface area contributed by atoms with Gasteiger partial charge >= 0.3 is 0 Å². The molecule has 0 saturated carbocycles. The van der Waals surface area contributed by atoms with E-state index in [1.54, 1.807) is 0 Å². The van der Waals surface area contributed by atoms with Crippen LogP contribution in [-0.4, -0.2) is 28.7 Å². The van der Waals surface area contributed by atoms with E-state index in [1.165, 1.54) is 48.0 Å². The molecule has 2 aliphatic rings. The first-order valence-electron chi connectivity index (χ1n) is 12.3. The predicted octanol–water partition coefficient (Wildman–Crippen LogP) is 7.15. The molecule has 2 unspecified atom stereocenters. The molecule has 172 valence electrons. The highest BCUT2D eigenvalue weighted by Gasteiger charge is 2.41. The van der Waals surface area contributed by atoms with Crippen molar-refractivity contribution in [3.63, 3.8) is 0 Å². The van der Waals surface area contributed by atoms with Crippen molar-refractivity contribution in [3.8, 4) is 11.5 Å². The Morgan fingerprint density at radius 3 is 2.53 bits per heavy atom. The number of benzene rings is 2. The van der Waals surface area contributed by atoms with E-state index in [4.69, 9.17) is 4.74 Å². The second-order valence-electron chi connectivity index (χ2n) is 10.4. The Morgan fingerprint density at radius 1 is 1.06 bits per heavy atom. The lowest BCUT2D eigenvalue weighted by Crippen LogP contribution is -2.36. The zero-order chi connectivity index (χ0) is 22.9. The van der Waals surface area contributed by atoms with Crippen LogP contribution < -0.4 is 4.74 Å². The molecular formula is C29H39NO2. The Hall–Kier alpha value is -2.26. The zero-order valence-electron chi connectivity index (χ0n) is 20.4. The van der Waals surface area contributed by atoms with Crippen molar-refractivity contribution in [3.05, 3.63) is 64.7 Å². The number of rotatable bonds is 8. The van der Waals surface area contributed by atoms with Gasteiger partial charge < -0.3 is 9.84 Å². The van der Waals surface area contributed by atoms with Gasteiger partial charge in [0.1, 0.15) is 17.1 Å². The lowest BCUT2D eigenvalue weighted by atomic mass is 9.82. The molecule has 0 aromatic heterocycles. The van der Waals surface area contributed by atoms with Crippen molar-refractivity contribution in [2.75, 3.05) is 13.1 Å². The number of hydrogen-bond donors (Lipinski definition) is 1. The van der Waals surface area contributed by atoms with E-state index in [0.717, 1.165) is 30.9 Å². The van der Waals surface area contributed by atoms with E-state index >= 15 is 0 Å². The summed E-state index contributed by atoms with van der Waals surface area (Å²) in [6, 6.07) is 14.8. The average molecular weight is 434 g/mol. The highest BCUT2D eigenvalue weighted by Crippen LogP contribution is 2.49. The molecule has 0 bridgehead atoms. The van der Waals surface area contributed by atoms with Gasteiger partial charge in [0.15, 0.2) is 0 Å². The molecule has 4 rings (SSSR count). The molecule has 2 heterocycles. The number of fused-ring (bicyclic) bond motifs is 2. The molecule has 0 saturated heterocycles. The van der Waals surface area contributed by atoms with Crippen LogP contribution in [0.5, 0.6) is 11.5 Å².